The molecule has 0 atom stereocenters. The fourth-order valence-corrected chi connectivity index (χ4v) is 6.15. The van der Waals surface area contributed by atoms with Gasteiger partial charge in [-0.15, -0.1) is 10.2 Å². The van der Waals surface area contributed by atoms with Crippen LogP contribution < -0.4 is 5.32 Å². The fourth-order valence-electron chi connectivity index (χ4n) is 2.93. The molecule has 3 rings (SSSR count). The molecule has 0 radical (unpaired) electrons. The topological polar surface area (TPSA) is 92.3 Å². The van der Waals surface area contributed by atoms with E-state index in [-0.39, 0.29) is 10.8 Å². The highest BCUT2D eigenvalue weighted by Crippen LogP contribution is 2.27. The number of nitrogens with zero attached hydrogens (tertiary/aromatic N) is 3. The Bertz CT molecular complexity index is 937. The molecule has 0 saturated carbocycles. The van der Waals surface area contributed by atoms with E-state index in [4.69, 9.17) is 0 Å². The summed E-state index contributed by atoms with van der Waals surface area (Å²) in [5.41, 5.74) is 1.04. The molecule has 0 bridgehead atoms. The molecular formula is C18H24N4O3S3. The normalized spacial score (nSPS) is 15.5. The van der Waals surface area contributed by atoms with Gasteiger partial charge in [0.2, 0.25) is 15.2 Å². The fraction of sp³-hybridized carbons (Fsp3) is 0.500. The highest BCUT2D eigenvalue weighted by Gasteiger charge is 2.27. The van der Waals surface area contributed by atoms with Crippen LogP contribution in [0.3, 0.4) is 0 Å². The molecule has 1 aliphatic heterocycles. The maximum absolute atomic E-state index is 12.9. The van der Waals surface area contributed by atoms with Crippen molar-refractivity contribution in [1.29, 1.82) is 0 Å². The van der Waals surface area contributed by atoms with E-state index in [0.717, 1.165) is 35.8 Å². The number of aromatic nitrogens is 2. The Morgan fingerprint density at radius 2 is 2.00 bits per heavy atom. The minimum atomic E-state index is -3.59. The summed E-state index contributed by atoms with van der Waals surface area (Å²) in [6, 6.07) is 4.71. The van der Waals surface area contributed by atoms with Crippen LogP contribution in [0.25, 0.3) is 0 Å². The molecule has 28 heavy (non-hydrogen) atoms. The third kappa shape index (κ3) is 4.91. The molecule has 1 saturated heterocycles. The number of aryl methyl sites for hydroxylation is 1. The molecule has 152 valence electrons. The standard InChI is InChI=1S/C18H24N4O3S3/c1-3-11-26-18-21-20-17(27-18)19-16(23)15-12-14(8-7-13(15)2)28(24,25)22-9-5-4-6-10-22/h7-8,12H,3-6,9-11H2,1-2H3,(H,19,20,23). The summed E-state index contributed by atoms with van der Waals surface area (Å²) in [6.45, 7) is 4.93. The number of nitrogens with one attached hydrogen (secondary N) is 1. The summed E-state index contributed by atoms with van der Waals surface area (Å²) >= 11 is 2.91. The van der Waals surface area contributed by atoms with Crippen LogP contribution in [0.15, 0.2) is 27.4 Å². The highest BCUT2D eigenvalue weighted by molar-refractivity contribution is 8.01. The molecule has 0 spiro atoms. The number of anilines is 1. The lowest BCUT2D eigenvalue weighted by molar-refractivity contribution is 0.102. The second-order valence-electron chi connectivity index (χ2n) is 6.62. The molecule has 1 N–H and O–H groups in total. The lowest BCUT2D eigenvalue weighted by atomic mass is 10.1. The number of rotatable bonds is 7. The van der Waals surface area contributed by atoms with Crippen molar-refractivity contribution in [1.82, 2.24) is 14.5 Å². The molecule has 0 unspecified atom stereocenters. The summed E-state index contributed by atoms with van der Waals surface area (Å²) in [6.07, 6.45) is 3.82. The average molecular weight is 441 g/mol. The summed E-state index contributed by atoms with van der Waals surface area (Å²) in [4.78, 5) is 12.9. The van der Waals surface area contributed by atoms with Gasteiger partial charge in [-0.1, -0.05) is 42.5 Å². The van der Waals surface area contributed by atoms with Crippen LogP contribution in [0, 0.1) is 6.92 Å². The van der Waals surface area contributed by atoms with Crippen LogP contribution >= 0.6 is 23.1 Å². The Morgan fingerprint density at radius 3 is 2.71 bits per heavy atom. The van der Waals surface area contributed by atoms with Crippen LogP contribution in [-0.4, -0.2) is 47.7 Å². The second-order valence-corrected chi connectivity index (χ2v) is 10.9. The first-order chi connectivity index (χ1) is 13.4. The first-order valence-corrected chi connectivity index (χ1v) is 12.5. The predicted molar refractivity (Wildman–Crippen MR) is 113 cm³/mol. The number of thioether (sulfide) groups is 1. The molecule has 2 aromatic rings. The van der Waals surface area contributed by atoms with Crippen LogP contribution in [-0.2, 0) is 10.0 Å². The molecule has 0 aliphatic carbocycles. The van der Waals surface area contributed by atoms with Gasteiger partial charge in [-0.3, -0.25) is 10.1 Å². The van der Waals surface area contributed by atoms with Crippen molar-refractivity contribution in [2.24, 2.45) is 0 Å². The largest absolute Gasteiger partial charge is 0.296 e. The zero-order valence-electron chi connectivity index (χ0n) is 16.0. The first kappa shape index (κ1) is 21.2. The molecule has 2 heterocycles. The number of hydrogen-bond donors (Lipinski definition) is 1. The Labute approximate surface area is 174 Å². The Hall–Kier alpha value is -1.49. The molecule has 1 aliphatic rings. The van der Waals surface area contributed by atoms with E-state index in [1.165, 1.54) is 21.7 Å². The zero-order valence-corrected chi connectivity index (χ0v) is 18.4. The summed E-state index contributed by atoms with van der Waals surface area (Å²) in [7, 11) is -3.59. The quantitative estimate of drug-likeness (QED) is 0.520. The van der Waals surface area contributed by atoms with Crippen LogP contribution in [0.1, 0.15) is 48.5 Å². The number of hydrogen-bond acceptors (Lipinski definition) is 7. The molecule has 1 aromatic carbocycles. The van der Waals surface area contributed by atoms with E-state index in [0.29, 0.717) is 29.3 Å². The summed E-state index contributed by atoms with van der Waals surface area (Å²) in [5, 5.41) is 11.2. The van der Waals surface area contributed by atoms with Crippen molar-refractivity contribution in [2.45, 2.75) is 48.8 Å². The van der Waals surface area contributed by atoms with E-state index >= 15 is 0 Å². The third-order valence-electron chi connectivity index (χ3n) is 4.46. The minimum absolute atomic E-state index is 0.154. The SMILES string of the molecule is CCCSc1nnc(NC(=O)c2cc(S(=O)(=O)N3CCCCC3)ccc2C)s1. The van der Waals surface area contributed by atoms with Crippen molar-refractivity contribution >= 4 is 44.2 Å². The molecule has 7 nitrogen and oxygen atoms in total. The van der Waals surface area contributed by atoms with E-state index in [2.05, 4.69) is 22.4 Å². The zero-order chi connectivity index (χ0) is 20.1. The van der Waals surface area contributed by atoms with Gasteiger partial charge in [-0.2, -0.15) is 4.31 Å². The Kier molecular flexibility index (Phi) is 7.08. The first-order valence-electron chi connectivity index (χ1n) is 9.30. The van der Waals surface area contributed by atoms with Gasteiger partial charge in [-0.25, -0.2) is 8.42 Å². The third-order valence-corrected chi connectivity index (χ3v) is 8.54. The van der Waals surface area contributed by atoms with Gasteiger partial charge in [-0.05, 0) is 43.9 Å². The van der Waals surface area contributed by atoms with E-state index in [9.17, 15) is 13.2 Å². The van der Waals surface area contributed by atoms with Crippen molar-refractivity contribution < 1.29 is 13.2 Å². The van der Waals surface area contributed by atoms with Crippen LogP contribution in [0.5, 0.6) is 0 Å². The lowest BCUT2D eigenvalue weighted by Crippen LogP contribution is -2.35. The number of carbonyl (C=O) groups is 1. The number of sulfonamides is 1. The van der Waals surface area contributed by atoms with Gasteiger partial charge in [0.05, 0.1) is 4.90 Å². The minimum Gasteiger partial charge on any atom is -0.296 e. The van der Waals surface area contributed by atoms with Gasteiger partial charge < -0.3 is 0 Å². The number of benzene rings is 1. The summed E-state index contributed by atoms with van der Waals surface area (Å²) < 4.78 is 28.1. The Balaban J connectivity index is 1.79. The smallest absolute Gasteiger partial charge is 0.257 e. The molecule has 1 fully saturated rings. The lowest BCUT2D eigenvalue weighted by Gasteiger charge is -2.26. The molecule has 1 aromatic heterocycles. The van der Waals surface area contributed by atoms with Gasteiger partial charge in [0.15, 0.2) is 4.34 Å². The number of amides is 1. The van der Waals surface area contributed by atoms with Gasteiger partial charge in [0.1, 0.15) is 0 Å². The Morgan fingerprint density at radius 1 is 1.25 bits per heavy atom. The average Bonchev–Trinajstić information content (AvgIpc) is 3.14. The van der Waals surface area contributed by atoms with Crippen LogP contribution in [0.2, 0.25) is 0 Å². The maximum Gasteiger partial charge on any atom is 0.257 e. The van der Waals surface area contributed by atoms with E-state index in [1.54, 1.807) is 30.8 Å². The predicted octanol–water partition coefficient (Wildman–Crippen LogP) is 3.78. The van der Waals surface area contributed by atoms with Crippen molar-refractivity contribution in [2.75, 3.05) is 24.2 Å². The number of piperidine rings is 1. The van der Waals surface area contributed by atoms with E-state index in [1.807, 2.05) is 0 Å². The van der Waals surface area contributed by atoms with Crippen molar-refractivity contribution in [3.8, 4) is 0 Å². The van der Waals surface area contributed by atoms with Crippen molar-refractivity contribution in [3.63, 3.8) is 0 Å². The highest BCUT2D eigenvalue weighted by atomic mass is 32.2. The monoisotopic (exact) mass is 440 g/mol. The molecule has 1 amide bonds. The summed E-state index contributed by atoms with van der Waals surface area (Å²) in [5.74, 6) is 0.564. The van der Waals surface area contributed by atoms with Crippen molar-refractivity contribution in [3.05, 3.63) is 29.3 Å². The van der Waals surface area contributed by atoms with Gasteiger partial charge >= 0.3 is 0 Å². The van der Waals surface area contributed by atoms with Gasteiger partial charge in [0.25, 0.3) is 5.91 Å². The molecule has 10 heteroatoms. The van der Waals surface area contributed by atoms with E-state index < -0.39 is 10.0 Å². The number of carbonyl (C=O) groups excluding carboxylic acids is 1. The second kappa shape index (κ2) is 9.34. The van der Waals surface area contributed by atoms with Gasteiger partial charge in [0, 0.05) is 24.4 Å². The maximum atomic E-state index is 12.9. The van der Waals surface area contributed by atoms with Crippen LogP contribution in [0.4, 0.5) is 5.13 Å². The molecular weight excluding hydrogens is 416 g/mol.